The highest BCUT2D eigenvalue weighted by Crippen LogP contribution is 2.42. The van der Waals surface area contributed by atoms with E-state index in [2.05, 4.69) is 25.9 Å². The number of phenolic OH excluding ortho intramolecular Hbond substituents is 1. The molecule has 5 aromatic rings. The minimum Gasteiger partial charge on any atom is -0.508 e. The number of hydrogen-bond acceptors (Lipinski definition) is 8. The first kappa shape index (κ1) is 27.8. The lowest BCUT2D eigenvalue weighted by Crippen LogP contribution is -2.43. The summed E-state index contributed by atoms with van der Waals surface area (Å²) in [7, 11) is 0. The fourth-order valence-electron chi connectivity index (χ4n) is 7.17. The van der Waals surface area contributed by atoms with Crippen LogP contribution in [0, 0.1) is 24.0 Å². The van der Waals surface area contributed by atoms with E-state index in [4.69, 9.17) is 20.9 Å². The van der Waals surface area contributed by atoms with Crippen molar-refractivity contribution in [2.75, 3.05) is 26.3 Å². The molecule has 3 aromatic heterocycles. The summed E-state index contributed by atoms with van der Waals surface area (Å²) in [5.74, 6) is 0.691. The number of pyridine rings is 1. The van der Waals surface area contributed by atoms with Gasteiger partial charge in [0.15, 0.2) is 5.82 Å². The highest BCUT2D eigenvalue weighted by Gasteiger charge is 2.49. The highest BCUT2D eigenvalue weighted by molar-refractivity contribution is 6.03. The maximum atomic E-state index is 16.8. The van der Waals surface area contributed by atoms with Gasteiger partial charge in [0.1, 0.15) is 35.6 Å². The number of nitrogens with zero attached hydrogens (tertiary/aromatic N) is 6. The van der Waals surface area contributed by atoms with Crippen LogP contribution in [-0.4, -0.2) is 72.8 Å². The van der Waals surface area contributed by atoms with E-state index >= 15 is 4.39 Å². The zero-order chi connectivity index (χ0) is 30.9. The number of terminal acetylenes is 1. The van der Waals surface area contributed by atoms with Crippen LogP contribution in [0.15, 0.2) is 36.7 Å². The Balaban J connectivity index is 1.32. The van der Waals surface area contributed by atoms with Crippen molar-refractivity contribution >= 4 is 21.7 Å². The molecule has 0 radical (unpaired) electrons. The predicted molar refractivity (Wildman–Crippen MR) is 159 cm³/mol. The van der Waals surface area contributed by atoms with Crippen molar-refractivity contribution in [3.05, 3.63) is 59.6 Å². The molecule has 0 spiro atoms. The van der Waals surface area contributed by atoms with Crippen LogP contribution in [0.25, 0.3) is 44.2 Å². The number of hydrogen-bond donors (Lipinski definition) is 1. The van der Waals surface area contributed by atoms with Gasteiger partial charge in [-0.25, -0.2) is 13.2 Å². The molecule has 1 N–H and O–H groups in total. The Hall–Kier alpha value is -4.73. The number of ether oxygens (including phenoxy) is 2. The lowest BCUT2D eigenvalue weighted by molar-refractivity contribution is 0.0804. The molecule has 2 saturated heterocycles. The van der Waals surface area contributed by atoms with E-state index in [1.54, 1.807) is 6.20 Å². The van der Waals surface area contributed by atoms with Gasteiger partial charge < -0.3 is 14.6 Å². The number of aromatic hydroxyl groups is 1. The molecule has 6 heterocycles. The van der Waals surface area contributed by atoms with Crippen LogP contribution in [0.5, 0.6) is 11.8 Å². The fourth-order valence-corrected chi connectivity index (χ4v) is 7.17. The maximum Gasteiger partial charge on any atom is 0.317 e. The summed E-state index contributed by atoms with van der Waals surface area (Å²) in [6.07, 6.45) is 9.87. The molecule has 9 nitrogen and oxygen atoms in total. The van der Waals surface area contributed by atoms with Gasteiger partial charge in [-0.2, -0.15) is 15.1 Å². The smallest absolute Gasteiger partial charge is 0.317 e. The summed E-state index contributed by atoms with van der Waals surface area (Å²) in [4.78, 5) is 15.8. The van der Waals surface area contributed by atoms with Crippen LogP contribution in [0.4, 0.5) is 13.2 Å². The largest absolute Gasteiger partial charge is 0.508 e. The van der Waals surface area contributed by atoms with E-state index in [9.17, 15) is 13.9 Å². The summed E-state index contributed by atoms with van der Waals surface area (Å²) in [5.41, 5.74) is 1.02. The van der Waals surface area contributed by atoms with Gasteiger partial charge in [0, 0.05) is 41.1 Å². The normalized spacial score (nSPS) is 21.2. The zero-order valence-electron chi connectivity index (χ0n) is 24.1. The van der Waals surface area contributed by atoms with E-state index in [1.165, 1.54) is 30.5 Å². The second kappa shape index (κ2) is 10.4. The van der Waals surface area contributed by atoms with Gasteiger partial charge in [0.2, 0.25) is 0 Å². The molecule has 0 bridgehead atoms. The van der Waals surface area contributed by atoms with E-state index in [-0.39, 0.29) is 52.7 Å². The lowest BCUT2D eigenvalue weighted by Gasteiger charge is -2.30. The first-order chi connectivity index (χ1) is 21.8. The Labute approximate surface area is 255 Å². The van der Waals surface area contributed by atoms with Gasteiger partial charge in [-0.3, -0.25) is 14.6 Å². The van der Waals surface area contributed by atoms with Crippen LogP contribution in [-0.2, 0) is 17.9 Å². The number of fused-ring (bicyclic) bond motifs is 4. The molecule has 3 aliphatic rings. The SMILES string of the molecule is C#Cc1c(F)ccc2cc(O)cc(-c3ncc4c(-c5cnn6c5COCC6)nc(OC[C@@]56CCCN5C[C@H](F)C6)nc4c3F)c12. The number of phenols is 1. The Morgan fingerprint density at radius 3 is 2.89 bits per heavy atom. The first-order valence-corrected chi connectivity index (χ1v) is 14.8. The molecular weight excluding hydrogens is 585 g/mol. The van der Waals surface area contributed by atoms with Gasteiger partial charge in [-0.1, -0.05) is 12.0 Å². The topological polar surface area (TPSA) is 98.4 Å². The van der Waals surface area contributed by atoms with Crippen molar-refractivity contribution in [2.45, 2.75) is 44.1 Å². The minimum atomic E-state index is -0.943. The van der Waals surface area contributed by atoms with Gasteiger partial charge >= 0.3 is 6.01 Å². The quantitative estimate of drug-likeness (QED) is 0.272. The molecule has 0 saturated carbocycles. The summed E-state index contributed by atoms with van der Waals surface area (Å²) in [6, 6.07) is 5.30. The van der Waals surface area contributed by atoms with Gasteiger partial charge in [0.25, 0.3) is 0 Å². The Morgan fingerprint density at radius 2 is 2.02 bits per heavy atom. The Morgan fingerprint density at radius 1 is 1.13 bits per heavy atom. The molecule has 3 aliphatic heterocycles. The van der Waals surface area contributed by atoms with Gasteiger partial charge in [-0.05, 0) is 43.0 Å². The summed E-state index contributed by atoms with van der Waals surface area (Å²) < 4.78 is 59.7. The van der Waals surface area contributed by atoms with Crippen LogP contribution in [0.1, 0.15) is 30.5 Å². The van der Waals surface area contributed by atoms with Gasteiger partial charge in [-0.15, -0.1) is 6.42 Å². The molecule has 228 valence electrons. The standard InChI is InChI=1S/C33H27F3N6O3/c1-2-21-25(35)5-4-18-10-20(43)11-22(27(18)21)30-28(36)31-24(13-37-30)29(23-14-38-42-8-9-44-16-26(23)42)39-32(40-31)45-17-33-6-3-7-41(33)15-19(34)12-33/h1,4-5,10-11,13-14,19,43H,3,6-9,12,15-17H2/t19-,33+/m1/s1. The van der Waals surface area contributed by atoms with E-state index in [1.807, 2.05) is 4.68 Å². The fraction of sp³-hybridized carbons (Fsp3) is 0.333. The average Bonchev–Trinajstić information content (AvgIpc) is 3.72. The van der Waals surface area contributed by atoms with Crippen molar-refractivity contribution in [3.63, 3.8) is 0 Å². The Kier molecular flexibility index (Phi) is 6.44. The van der Waals surface area contributed by atoms with E-state index < -0.39 is 23.3 Å². The zero-order valence-corrected chi connectivity index (χ0v) is 24.1. The van der Waals surface area contributed by atoms with E-state index in [0.29, 0.717) is 48.1 Å². The Bertz CT molecular complexity index is 2060. The average molecular weight is 613 g/mol. The third-order valence-electron chi connectivity index (χ3n) is 9.24. The van der Waals surface area contributed by atoms with Crippen LogP contribution < -0.4 is 4.74 Å². The first-order valence-electron chi connectivity index (χ1n) is 14.8. The maximum absolute atomic E-state index is 16.8. The third kappa shape index (κ3) is 4.41. The second-order valence-electron chi connectivity index (χ2n) is 11.8. The molecule has 2 fully saturated rings. The highest BCUT2D eigenvalue weighted by atomic mass is 19.1. The number of halogens is 3. The molecule has 0 aliphatic carbocycles. The molecule has 0 amide bonds. The van der Waals surface area contributed by atoms with Crippen molar-refractivity contribution in [3.8, 4) is 46.6 Å². The molecule has 2 atom stereocenters. The number of benzene rings is 2. The number of rotatable bonds is 5. The second-order valence-corrected chi connectivity index (χ2v) is 11.8. The lowest BCUT2D eigenvalue weighted by atomic mass is 9.95. The van der Waals surface area contributed by atoms with Crippen LogP contribution >= 0.6 is 0 Å². The van der Waals surface area contributed by atoms with Crippen LogP contribution in [0.2, 0.25) is 0 Å². The third-order valence-corrected chi connectivity index (χ3v) is 9.24. The molecule has 0 unspecified atom stereocenters. The van der Waals surface area contributed by atoms with Crippen molar-refractivity contribution in [1.82, 2.24) is 29.6 Å². The molecule has 8 rings (SSSR count). The monoisotopic (exact) mass is 612 g/mol. The minimum absolute atomic E-state index is 0.0780. The predicted octanol–water partition coefficient (Wildman–Crippen LogP) is 5.16. The molecule has 2 aromatic carbocycles. The summed E-state index contributed by atoms with van der Waals surface area (Å²) in [5, 5.41) is 15.9. The molecule has 45 heavy (non-hydrogen) atoms. The number of aromatic nitrogens is 5. The summed E-state index contributed by atoms with van der Waals surface area (Å²) in [6.45, 7) is 2.65. The van der Waals surface area contributed by atoms with E-state index in [0.717, 1.165) is 25.1 Å². The molecule has 12 heteroatoms. The van der Waals surface area contributed by atoms with Gasteiger partial charge in [0.05, 0.1) is 48.4 Å². The molecular formula is C33H27F3N6O3. The van der Waals surface area contributed by atoms with Crippen molar-refractivity contribution in [2.24, 2.45) is 0 Å². The van der Waals surface area contributed by atoms with Crippen molar-refractivity contribution < 1.29 is 27.8 Å². The summed E-state index contributed by atoms with van der Waals surface area (Å²) >= 11 is 0. The van der Waals surface area contributed by atoms with Crippen LogP contribution in [0.3, 0.4) is 0 Å². The number of alkyl halides is 1. The van der Waals surface area contributed by atoms with Crippen molar-refractivity contribution in [1.29, 1.82) is 0 Å².